The maximum atomic E-state index is 13.1. The smallest absolute Gasteiger partial charge is 0.243 e. The summed E-state index contributed by atoms with van der Waals surface area (Å²) in [6.45, 7) is 3.74. The molecule has 2 N–H and O–H groups in total. The van der Waals surface area contributed by atoms with Crippen LogP contribution in [-0.2, 0) is 21.3 Å². The molecule has 7 nitrogen and oxygen atoms in total. The topological polar surface area (TPSA) is 73.9 Å². The van der Waals surface area contributed by atoms with E-state index in [2.05, 4.69) is 15.5 Å². The molecule has 2 saturated heterocycles. The van der Waals surface area contributed by atoms with Gasteiger partial charge in [0.25, 0.3) is 0 Å². The number of rotatable bonds is 6. The van der Waals surface area contributed by atoms with Crippen molar-refractivity contribution in [3.8, 4) is 0 Å². The maximum absolute atomic E-state index is 13.1. The van der Waals surface area contributed by atoms with E-state index in [0.29, 0.717) is 43.6 Å². The summed E-state index contributed by atoms with van der Waals surface area (Å²) in [6, 6.07) is 11.4. The highest BCUT2D eigenvalue weighted by molar-refractivity contribution is 7.89. The van der Waals surface area contributed by atoms with E-state index in [1.165, 1.54) is 16.4 Å². The quantitative estimate of drug-likeness (QED) is 0.619. The molecule has 0 aliphatic carbocycles. The molecule has 0 spiro atoms. The third-order valence-electron chi connectivity index (χ3n) is 5.64. The molecule has 0 atom stereocenters. The number of halogens is 1. The van der Waals surface area contributed by atoms with Crippen LogP contribution in [0.4, 0.5) is 15.8 Å². The van der Waals surface area contributed by atoms with Crippen LogP contribution in [-0.4, -0.2) is 57.2 Å². The summed E-state index contributed by atoms with van der Waals surface area (Å²) in [5.41, 5.74) is 2.46. The van der Waals surface area contributed by atoms with Gasteiger partial charge < -0.3 is 20.3 Å². The molecule has 0 saturated carbocycles. The van der Waals surface area contributed by atoms with Crippen molar-refractivity contribution in [3.05, 3.63) is 53.8 Å². The molecule has 0 radical (unpaired) electrons. The summed E-state index contributed by atoms with van der Waals surface area (Å²) in [4.78, 5) is 2.46. The Labute approximate surface area is 193 Å². The Bertz CT molecular complexity index is 1050. The van der Waals surface area contributed by atoms with Gasteiger partial charge in [-0.1, -0.05) is 12.1 Å². The zero-order valence-corrected chi connectivity index (χ0v) is 19.4. The molecule has 2 aromatic carbocycles. The average Bonchev–Trinajstić information content (AvgIpc) is 3.34. The van der Waals surface area contributed by atoms with Crippen LogP contribution in [0.25, 0.3) is 0 Å². The summed E-state index contributed by atoms with van der Waals surface area (Å²) in [6.07, 6.45) is 2.20. The number of anilines is 2. The molecule has 0 bridgehead atoms. The van der Waals surface area contributed by atoms with Crippen LogP contribution in [0, 0.1) is 5.82 Å². The van der Waals surface area contributed by atoms with Gasteiger partial charge in [-0.25, -0.2) is 12.8 Å². The maximum Gasteiger partial charge on any atom is 0.243 e. The van der Waals surface area contributed by atoms with E-state index in [9.17, 15) is 12.8 Å². The number of sulfonamides is 1. The molecule has 4 rings (SSSR count). The van der Waals surface area contributed by atoms with E-state index in [-0.39, 0.29) is 10.7 Å². The van der Waals surface area contributed by atoms with Crippen molar-refractivity contribution in [3.63, 3.8) is 0 Å². The van der Waals surface area contributed by atoms with Crippen molar-refractivity contribution < 1.29 is 17.5 Å². The van der Waals surface area contributed by atoms with Gasteiger partial charge in [-0.3, -0.25) is 0 Å². The summed E-state index contributed by atoms with van der Waals surface area (Å²) >= 11 is 5.47. The Hall–Kier alpha value is -2.27. The third-order valence-corrected chi connectivity index (χ3v) is 7.78. The Morgan fingerprint density at radius 1 is 1.03 bits per heavy atom. The normalized spacial score (nSPS) is 17.3. The molecule has 0 aromatic heterocycles. The van der Waals surface area contributed by atoms with E-state index >= 15 is 0 Å². The molecular formula is C22H27FN4O3S2. The second-order valence-corrected chi connectivity index (χ2v) is 10.2. The predicted octanol–water partition coefficient (Wildman–Crippen LogP) is 2.93. The number of benzene rings is 2. The zero-order valence-electron chi connectivity index (χ0n) is 17.7. The molecular weight excluding hydrogens is 451 g/mol. The molecule has 2 heterocycles. The van der Waals surface area contributed by atoms with Gasteiger partial charge in [0.15, 0.2) is 5.11 Å². The molecule has 10 heteroatoms. The van der Waals surface area contributed by atoms with Gasteiger partial charge in [0, 0.05) is 32.7 Å². The van der Waals surface area contributed by atoms with Gasteiger partial charge >= 0.3 is 0 Å². The Morgan fingerprint density at radius 2 is 1.72 bits per heavy atom. The number of nitrogens with zero attached hydrogens (tertiary/aromatic N) is 2. The first-order valence-corrected chi connectivity index (χ1v) is 12.5. The highest BCUT2D eigenvalue weighted by atomic mass is 32.2. The van der Waals surface area contributed by atoms with E-state index in [0.717, 1.165) is 37.2 Å². The van der Waals surface area contributed by atoms with Crippen LogP contribution in [0.15, 0.2) is 47.4 Å². The number of hydrogen-bond donors (Lipinski definition) is 2. The second-order valence-electron chi connectivity index (χ2n) is 7.82. The molecule has 2 aromatic rings. The fourth-order valence-electron chi connectivity index (χ4n) is 3.90. The Kier molecular flexibility index (Phi) is 7.24. The average molecular weight is 479 g/mol. The van der Waals surface area contributed by atoms with Crippen LogP contribution >= 0.6 is 12.2 Å². The van der Waals surface area contributed by atoms with E-state index in [4.69, 9.17) is 17.0 Å². The standard InChI is InChI=1S/C22H27FN4O3S2/c23-18-5-3-17(4-6-18)16-24-22(31)25-20-15-19(7-8-21(20)26-9-1-2-10-26)32(28,29)27-11-13-30-14-12-27/h3-8,15H,1-2,9-14,16H2,(H2,24,25,31). The Balaban J connectivity index is 1.54. The van der Waals surface area contributed by atoms with Gasteiger partial charge in [-0.05, 0) is 61.0 Å². The van der Waals surface area contributed by atoms with Crippen LogP contribution < -0.4 is 15.5 Å². The summed E-state index contributed by atoms with van der Waals surface area (Å²) in [5, 5.41) is 6.66. The highest BCUT2D eigenvalue weighted by Crippen LogP contribution is 2.32. The van der Waals surface area contributed by atoms with E-state index in [1.807, 2.05) is 6.07 Å². The summed E-state index contributed by atoms with van der Waals surface area (Å²) < 4.78 is 46.2. The van der Waals surface area contributed by atoms with Crippen molar-refractivity contribution in [1.82, 2.24) is 9.62 Å². The molecule has 2 aliphatic heterocycles. The SMILES string of the molecule is O=S(=O)(c1ccc(N2CCCC2)c(NC(=S)NCc2ccc(F)cc2)c1)N1CCOCC1. The lowest BCUT2D eigenvalue weighted by molar-refractivity contribution is 0.0730. The van der Waals surface area contributed by atoms with Crippen molar-refractivity contribution in [2.24, 2.45) is 0 Å². The lowest BCUT2D eigenvalue weighted by Crippen LogP contribution is -2.40. The molecule has 2 aliphatic rings. The fourth-order valence-corrected chi connectivity index (χ4v) is 5.51. The third kappa shape index (κ3) is 5.37. The summed E-state index contributed by atoms with van der Waals surface area (Å²) in [7, 11) is -3.62. The molecule has 0 unspecified atom stereocenters. The van der Waals surface area contributed by atoms with Crippen molar-refractivity contribution >= 4 is 38.7 Å². The first-order chi connectivity index (χ1) is 15.4. The van der Waals surface area contributed by atoms with Gasteiger partial charge in [-0.2, -0.15) is 4.31 Å². The van der Waals surface area contributed by atoms with Crippen LogP contribution in [0.3, 0.4) is 0 Å². The van der Waals surface area contributed by atoms with E-state index in [1.54, 1.807) is 24.3 Å². The molecule has 0 amide bonds. The van der Waals surface area contributed by atoms with Crippen molar-refractivity contribution in [2.45, 2.75) is 24.3 Å². The van der Waals surface area contributed by atoms with E-state index < -0.39 is 10.0 Å². The summed E-state index contributed by atoms with van der Waals surface area (Å²) in [5.74, 6) is -0.289. The van der Waals surface area contributed by atoms with Crippen molar-refractivity contribution in [2.75, 3.05) is 49.6 Å². The minimum atomic E-state index is -3.62. The van der Waals surface area contributed by atoms with Gasteiger partial charge in [0.1, 0.15) is 5.82 Å². The van der Waals surface area contributed by atoms with Gasteiger partial charge in [0.2, 0.25) is 10.0 Å². The molecule has 32 heavy (non-hydrogen) atoms. The first kappa shape index (κ1) is 22.9. The van der Waals surface area contributed by atoms with Crippen molar-refractivity contribution in [1.29, 1.82) is 0 Å². The lowest BCUT2D eigenvalue weighted by Gasteiger charge is -2.27. The van der Waals surface area contributed by atoms with Crippen LogP contribution in [0.1, 0.15) is 18.4 Å². The zero-order chi connectivity index (χ0) is 22.6. The van der Waals surface area contributed by atoms with Gasteiger partial charge in [-0.15, -0.1) is 0 Å². The lowest BCUT2D eigenvalue weighted by atomic mass is 10.2. The molecule has 2 fully saturated rings. The Morgan fingerprint density at radius 3 is 2.41 bits per heavy atom. The number of hydrogen-bond acceptors (Lipinski definition) is 5. The monoisotopic (exact) mass is 478 g/mol. The first-order valence-electron chi connectivity index (χ1n) is 10.7. The fraction of sp³-hybridized carbons (Fsp3) is 0.409. The number of thiocarbonyl (C=S) groups is 1. The second kappa shape index (κ2) is 10.1. The minimum Gasteiger partial charge on any atom is -0.379 e. The number of nitrogens with one attached hydrogen (secondary N) is 2. The highest BCUT2D eigenvalue weighted by Gasteiger charge is 2.28. The molecule has 172 valence electrons. The number of ether oxygens (including phenoxy) is 1. The van der Waals surface area contributed by atoms with Crippen LogP contribution in [0.5, 0.6) is 0 Å². The largest absolute Gasteiger partial charge is 0.379 e. The number of morpholine rings is 1. The minimum absolute atomic E-state index is 0.228. The predicted molar refractivity (Wildman–Crippen MR) is 127 cm³/mol. The van der Waals surface area contributed by atoms with Gasteiger partial charge in [0.05, 0.1) is 29.5 Å². The van der Waals surface area contributed by atoms with Crippen LogP contribution in [0.2, 0.25) is 0 Å².